The van der Waals surface area contributed by atoms with Crippen LogP contribution < -0.4 is 0 Å². The molecule has 0 aliphatic carbocycles. The molecule has 0 fully saturated rings. The van der Waals surface area contributed by atoms with Gasteiger partial charge in [0.1, 0.15) is 11.0 Å². The molecule has 104 valence electrons. The Morgan fingerprint density at radius 1 is 1.14 bits per heavy atom. The monoisotopic (exact) mass is 279 g/mol. The number of aromatic amines is 1. The first-order valence-corrected chi connectivity index (χ1v) is 6.75. The lowest BCUT2D eigenvalue weighted by Crippen LogP contribution is -2.25. The van der Waals surface area contributed by atoms with Crippen LogP contribution in [0, 0.1) is 6.92 Å². The minimum Gasteiger partial charge on any atom is -0.330 e. The van der Waals surface area contributed by atoms with E-state index in [2.05, 4.69) is 20.4 Å². The number of rotatable bonds is 1. The third-order valence-electron chi connectivity index (χ3n) is 3.79. The van der Waals surface area contributed by atoms with Crippen molar-refractivity contribution in [2.45, 2.75) is 20.0 Å². The molecule has 21 heavy (non-hydrogen) atoms. The number of pyridine rings is 1. The molecular weight excluding hydrogens is 266 g/mol. The standard InChI is InChI=1S/C15H13N5O/c1-9-4-11-7-20(8-12(11)6-16-9)15(21)10-2-3-13-14(5-10)18-19-17-13/h2-6H,7-8H2,1H3,(H,17,18,19). The Hall–Kier alpha value is -2.76. The number of H-pyrrole nitrogens is 1. The predicted octanol–water partition coefficient (Wildman–Crippen LogP) is 1.82. The largest absolute Gasteiger partial charge is 0.330 e. The van der Waals surface area contributed by atoms with Crippen molar-refractivity contribution < 1.29 is 4.79 Å². The number of amides is 1. The van der Waals surface area contributed by atoms with E-state index in [0.29, 0.717) is 24.2 Å². The van der Waals surface area contributed by atoms with E-state index in [1.54, 1.807) is 18.2 Å². The summed E-state index contributed by atoms with van der Waals surface area (Å²) in [6, 6.07) is 7.41. The van der Waals surface area contributed by atoms with Crippen LogP contribution in [0.25, 0.3) is 11.0 Å². The normalized spacial score (nSPS) is 13.7. The number of nitrogens with one attached hydrogen (secondary N) is 1. The Balaban J connectivity index is 1.64. The highest BCUT2D eigenvalue weighted by Gasteiger charge is 2.24. The van der Waals surface area contributed by atoms with Crippen LogP contribution in [0.15, 0.2) is 30.5 Å². The highest BCUT2D eigenvalue weighted by atomic mass is 16.2. The van der Waals surface area contributed by atoms with Gasteiger partial charge in [-0.15, -0.1) is 0 Å². The van der Waals surface area contributed by atoms with Gasteiger partial charge in [0.05, 0.1) is 0 Å². The summed E-state index contributed by atoms with van der Waals surface area (Å²) in [5.74, 6) is 0.00810. The van der Waals surface area contributed by atoms with Crippen molar-refractivity contribution in [3.8, 4) is 0 Å². The molecule has 1 aromatic carbocycles. The van der Waals surface area contributed by atoms with E-state index in [1.807, 2.05) is 24.1 Å². The molecule has 0 bridgehead atoms. The van der Waals surface area contributed by atoms with Crippen LogP contribution in [0.5, 0.6) is 0 Å². The van der Waals surface area contributed by atoms with Crippen LogP contribution in [0.2, 0.25) is 0 Å². The van der Waals surface area contributed by atoms with Gasteiger partial charge in [-0.1, -0.05) is 0 Å². The maximum absolute atomic E-state index is 12.6. The highest BCUT2D eigenvalue weighted by molar-refractivity contribution is 5.97. The molecule has 0 saturated heterocycles. The van der Waals surface area contributed by atoms with E-state index in [-0.39, 0.29) is 5.91 Å². The first-order valence-electron chi connectivity index (χ1n) is 6.75. The summed E-state index contributed by atoms with van der Waals surface area (Å²) >= 11 is 0. The minimum absolute atomic E-state index is 0.00810. The number of hydrogen-bond donors (Lipinski definition) is 1. The first-order chi connectivity index (χ1) is 10.2. The molecule has 4 rings (SSSR count). The quantitative estimate of drug-likeness (QED) is 0.737. The topological polar surface area (TPSA) is 74.8 Å². The van der Waals surface area contributed by atoms with Gasteiger partial charge in [-0.2, -0.15) is 15.4 Å². The van der Waals surface area contributed by atoms with Crippen LogP contribution in [0.4, 0.5) is 0 Å². The summed E-state index contributed by atoms with van der Waals surface area (Å²) in [7, 11) is 0. The fourth-order valence-electron chi connectivity index (χ4n) is 2.70. The molecule has 0 spiro atoms. The van der Waals surface area contributed by atoms with Crippen LogP contribution in [-0.2, 0) is 13.1 Å². The zero-order valence-corrected chi connectivity index (χ0v) is 11.5. The molecule has 6 heteroatoms. The number of fused-ring (bicyclic) bond motifs is 2. The van der Waals surface area contributed by atoms with E-state index in [4.69, 9.17) is 0 Å². The fraction of sp³-hybridized carbons (Fsp3) is 0.200. The van der Waals surface area contributed by atoms with Crippen molar-refractivity contribution in [3.05, 3.63) is 52.8 Å². The van der Waals surface area contributed by atoms with Crippen LogP contribution in [0.1, 0.15) is 27.2 Å². The number of aromatic nitrogens is 4. The second-order valence-corrected chi connectivity index (χ2v) is 5.28. The predicted molar refractivity (Wildman–Crippen MR) is 76.4 cm³/mol. The SMILES string of the molecule is Cc1cc2c(cn1)CN(C(=O)c1ccc3n[nH]nc3c1)C2. The zero-order chi connectivity index (χ0) is 14.4. The molecular formula is C15H13N5O. The molecule has 1 amide bonds. The van der Waals surface area contributed by atoms with Gasteiger partial charge in [0.25, 0.3) is 5.91 Å². The smallest absolute Gasteiger partial charge is 0.254 e. The molecule has 0 unspecified atom stereocenters. The van der Waals surface area contributed by atoms with Crippen molar-refractivity contribution in [1.29, 1.82) is 0 Å². The Kier molecular flexibility index (Phi) is 2.50. The molecule has 1 aliphatic heterocycles. The van der Waals surface area contributed by atoms with Crippen molar-refractivity contribution in [1.82, 2.24) is 25.3 Å². The van der Waals surface area contributed by atoms with Gasteiger partial charge in [-0.3, -0.25) is 9.78 Å². The van der Waals surface area contributed by atoms with Gasteiger partial charge in [0.15, 0.2) is 0 Å². The molecule has 1 N–H and O–H groups in total. The van der Waals surface area contributed by atoms with Gasteiger partial charge < -0.3 is 4.90 Å². The van der Waals surface area contributed by atoms with Crippen molar-refractivity contribution >= 4 is 16.9 Å². The second kappa shape index (κ2) is 4.37. The van der Waals surface area contributed by atoms with Gasteiger partial charge in [0, 0.05) is 30.5 Å². The molecule has 0 atom stereocenters. The number of carbonyl (C=O) groups is 1. The van der Waals surface area contributed by atoms with E-state index in [9.17, 15) is 4.79 Å². The Morgan fingerprint density at radius 2 is 1.95 bits per heavy atom. The van der Waals surface area contributed by atoms with Crippen LogP contribution in [-0.4, -0.2) is 31.2 Å². The van der Waals surface area contributed by atoms with Crippen LogP contribution in [0.3, 0.4) is 0 Å². The van der Waals surface area contributed by atoms with Gasteiger partial charge in [-0.05, 0) is 42.3 Å². The van der Waals surface area contributed by atoms with Crippen molar-refractivity contribution in [3.63, 3.8) is 0 Å². The third-order valence-corrected chi connectivity index (χ3v) is 3.79. The number of nitrogens with zero attached hydrogens (tertiary/aromatic N) is 4. The maximum atomic E-state index is 12.6. The average Bonchev–Trinajstić information content (AvgIpc) is 3.11. The van der Waals surface area contributed by atoms with E-state index < -0.39 is 0 Å². The Labute approximate surface area is 120 Å². The summed E-state index contributed by atoms with van der Waals surface area (Å²) in [5, 5.41) is 10.6. The first kappa shape index (κ1) is 12.0. The molecule has 3 heterocycles. The maximum Gasteiger partial charge on any atom is 0.254 e. The lowest BCUT2D eigenvalue weighted by molar-refractivity contribution is 0.0751. The number of carbonyl (C=O) groups excluding carboxylic acids is 1. The molecule has 0 saturated carbocycles. The van der Waals surface area contributed by atoms with E-state index in [1.165, 1.54) is 5.56 Å². The molecule has 2 aromatic heterocycles. The summed E-state index contributed by atoms with van der Waals surface area (Å²) in [6.45, 7) is 3.20. The van der Waals surface area contributed by atoms with Crippen LogP contribution >= 0.6 is 0 Å². The van der Waals surface area contributed by atoms with Crippen molar-refractivity contribution in [2.24, 2.45) is 0 Å². The molecule has 0 radical (unpaired) electrons. The lowest BCUT2D eigenvalue weighted by Gasteiger charge is -2.15. The van der Waals surface area contributed by atoms with E-state index in [0.717, 1.165) is 16.8 Å². The number of hydrogen-bond acceptors (Lipinski definition) is 4. The van der Waals surface area contributed by atoms with Gasteiger partial charge >= 0.3 is 0 Å². The fourth-order valence-corrected chi connectivity index (χ4v) is 2.70. The zero-order valence-electron chi connectivity index (χ0n) is 11.5. The Bertz CT molecular complexity index is 854. The van der Waals surface area contributed by atoms with Gasteiger partial charge in [-0.25, -0.2) is 0 Å². The summed E-state index contributed by atoms with van der Waals surface area (Å²) < 4.78 is 0. The summed E-state index contributed by atoms with van der Waals surface area (Å²) in [6.07, 6.45) is 1.86. The average molecular weight is 279 g/mol. The van der Waals surface area contributed by atoms with E-state index >= 15 is 0 Å². The number of aryl methyl sites for hydroxylation is 1. The van der Waals surface area contributed by atoms with Crippen molar-refractivity contribution in [2.75, 3.05) is 0 Å². The lowest BCUT2D eigenvalue weighted by atomic mass is 10.1. The summed E-state index contributed by atoms with van der Waals surface area (Å²) in [5.41, 5.74) is 5.38. The highest BCUT2D eigenvalue weighted by Crippen LogP contribution is 2.24. The Morgan fingerprint density at radius 3 is 2.86 bits per heavy atom. The number of benzene rings is 1. The third kappa shape index (κ3) is 1.96. The molecule has 1 aliphatic rings. The second-order valence-electron chi connectivity index (χ2n) is 5.28. The minimum atomic E-state index is 0.00810. The molecule has 6 nitrogen and oxygen atoms in total. The van der Waals surface area contributed by atoms with Gasteiger partial charge in [0.2, 0.25) is 0 Å². The molecule has 3 aromatic rings. The summed E-state index contributed by atoms with van der Waals surface area (Å²) in [4.78, 5) is 18.7.